The van der Waals surface area contributed by atoms with Crippen LogP contribution in [-0.2, 0) is 16.1 Å². The van der Waals surface area contributed by atoms with Gasteiger partial charge >= 0.3 is 6.09 Å². The minimum absolute atomic E-state index is 0.175. The fourth-order valence-corrected chi connectivity index (χ4v) is 1.78. The van der Waals surface area contributed by atoms with Gasteiger partial charge in [0, 0.05) is 6.54 Å². The quantitative estimate of drug-likeness (QED) is 0.753. The average molecular weight is 249 g/mol. The second-order valence-electron chi connectivity index (χ2n) is 4.46. The number of likely N-dealkylation sites (N-methyl/N-ethyl adjacent to an activating group) is 1. The first kappa shape index (κ1) is 12.9. The summed E-state index contributed by atoms with van der Waals surface area (Å²) in [6, 6.07) is 9.68. The molecule has 0 N–H and O–H groups in total. The highest BCUT2D eigenvalue weighted by atomic mass is 16.6. The molecule has 1 saturated heterocycles. The maximum absolute atomic E-state index is 11.9. The number of hydrogen-bond acceptors (Lipinski definition) is 3. The Hall–Kier alpha value is -1.55. The van der Waals surface area contributed by atoms with E-state index in [-0.39, 0.29) is 18.3 Å². The summed E-state index contributed by atoms with van der Waals surface area (Å²) in [7, 11) is 0. The first-order valence-electron chi connectivity index (χ1n) is 6.31. The van der Waals surface area contributed by atoms with Gasteiger partial charge in [-0.25, -0.2) is 4.79 Å². The number of rotatable bonds is 5. The van der Waals surface area contributed by atoms with Crippen molar-refractivity contribution in [2.24, 2.45) is 0 Å². The Balaban J connectivity index is 1.78. The minimum atomic E-state index is -0.274. The zero-order valence-electron chi connectivity index (χ0n) is 10.8. The van der Waals surface area contributed by atoms with Gasteiger partial charge in [-0.2, -0.15) is 0 Å². The molecule has 0 aliphatic carbocycles. The second-order valence-corrected chi connectivity index (χ2v) is 4.46. The summed E-state index contributed by atoms with van der Waals surface area (Å²) in [4.78, 5) is 13.5. The number of hydrogen-bond donors (Lipinski definition) is 0. The van der Waals surface area contributed by atoms with E-state index in [0.29, 0.717) is 19.7 Å². The molecule has 18 heavy (non-hydrogen) atoms. The Labute approximate surface area is 107 Å². The number of ether oxygens (including phenoxy) is 2. The summed E-state index contributed by atoms with van der Waals surface area (Å²) < 4.78 is 10.6. The molecule has 1 aliphatic rings. The fraction of sp³-hybridized carbons (Fsp3) is 0.500. The summed E-state index contributed by atoms with van der Waals surface area (Å²) >= 11 is 0. The van der Waals surface area contributed by atoms with Gasteiger partial charge in [0.1, 0.15) is 12.7 Å². The third-order valence-electron chi connectivity index (χ3n) is 3.08. The molecule has 1 aromatic carbocycles. The van der Waals surface area contributed by atoms with Crippen LogP contribution in [-0.4, -0.2) is 36.3 Å². The number of carbonyl (C=O) groups is 1. The normalized spacial score (nSPS) is 21.4. The van der Waals surface area contributed by atoms with Gasteiger partial charge in [-0.3, -0.25) is 0 Å². The number of carbonyl (C=O) groups excluding carboxylic acids is 1. The predicted molar refractivity (Wildman–Crippen MR) is 68.2 cm³/mol. The Kier molecular flexibility index (Phi) is 4.20. The van der Waals surface area contributed by atoms with Crippen molar-refractivity contribution in [3.05, 3.63) is 35.9 Å². The minimum Gasteiger partial charge on any atom is -0.445 e. The monoisotopic (exact) mass is 249 g/mol. The lowest BCUT2D eigenvalue weighted by molar-refractivity contribution is 0.0952. The van der Waals surface area contributed by atoms with E-state index in [2.05, 4.69) is 0 Å². The highest BCUT2D eigenvalue weighted by Crippen LogP contribution is 2.22. The van der Waals surface area contributed by atoms with Gasteiger partial charge < -0.3 is 14.4 Å². The molecule has 1 heterocycles. The first-order valence-corrected chi connectivity index (χ1v) is 6.31. The van der Waals surface area contributed by atoms with Crippen molar-refractivity contribution in [3.63, 3.8) is 0 Å². The Bertz CT molecular complexity index is 393. The molecule has 1 amide bonds. The Morgan fingerprint density at radius 1 is 1.39 bits per heavy atom. The van der Waals surface area contributed by atoms with Gasteiger partial charge in [0.05, 0.1) is 12.6 Å². The van der Waals surface area contributed by atoms with Crippen LogP contribution in [0.15, 0.2) is 30.3 Å². The van der Waals surface area contributed by atoms with Crippen molar-refractivity contribution in [2.75, 3.05) is 13.1 Å². The second kappa shape index (κ2) is 5.87. The molecular formula is C14H19NO3. The van der Waals surface area contributed by atoms with Gasteiger partial charge in [-0.05, 0) is 19.4 Å². The lowest BCUT2D eigenvalue weighted by Gasteiger charge is -2.19. The number of epoxide rings is 1. The largest absolute Gasteiger partial charge is 0.445 e. The van der Waals surface area contributed by atoms with Gasteiger partial charge in [0.15, 0.2) is 0 Å². The molecule has 4 nitrogen and oxygen atoms in total. The molecule has 1 fully saturated rings. The Morgan fingerprint density at radius 2 is 2.06 bits per heavy atom. The van der Waals surface area contributed by atoms with Crippen LogP contribution >= 0.6 is 0 Å². The van der Waals surface area contributed by atoms with Crippen molar-refractivity contribution in [2.45, 2.75) is 32.7 Å². The number of benzene rings is 1. The van der Waals surface area contributed by atoms with Crippen molar-refractivity contribution in [1.82, 2.24) is 4.90 Å². The summed E-state index contributed by atoms with van der Waals surface area (Å²) in [6.07, 6.45) is 0.166. The summed E-state index contributed by atoms with van der Waals surface area (Å²) in [5.74, 6) is 0. The van der Waals surface area contributed by atoms with Crippen LogP contribution in [0.2, 0.25) is 0 Å². The maximum Gasteiger partial charge on any atom is 0.410 e. The van der Waals surface area contributed by atoms with Crippen LogP contribution in [0.1, 0.15) is 19.4 Å². The zero-order chi connectivity index (χ0) is 13.0. The lowest BCUT2D eigenvalue weighted by atomic mass is 10.2. The molecule has 2 rings (SSSR count). The van der Waals surface area contributed by atoms with Crippen LogP contribution in [0, 0.1) is 0 Å². The molecule has 0 aromatic heterocycles. The highest BCUT2D eigenvalue weighted by Gasteiger charge is 2.36. The van der Waals surface area contributed by atoms with E-state index in [0.717, 1.165) is 5.56 Å². The standard InChI is InChI=1S/C14H19NO3/c1-3-15(9-13-11(2)18-13)14(16)17-10-12-7-5-4-6-8-12/h4-8,11,13H,3,9-10H2,1-2H3. The topological polar surface area (TPSA) is 42.1 Å². The van der Waals surface area contributed by atoms with E-state index in [1.165, 1.54) is 0 Å². The van der Waals surface area contributed by atoms with E-state index in [1.54, 1.807) is 4.90 Å². The summed E-state index contributed by atoms with van der Waals surface area (Å²) in [5.41, 5.74) is 0.998. The third-order valence-corrected chi connectivity index (χ3v) is 3.08. The molecule has 2 atom stereocenters. The highest BCUT2D eigenvalue weighted by molar-refractivity contribution is 5.67. The van der Waals surface area contributed by atoms with Crippen molar-refractivity contribution in [3.8, 4) is 0 Å². The molecular weight excluding hydrogens is 230 g/mol. The SMILES string of the molecule is CCN(CC1OC1C)C(=O)OCc1ccccc1. The molecule has 0 saturated carbocycles. The van der Waals surface area contributed by atoms with Crippen LogP contribution in [0.4, 0.5) is 4.79 Å². The molecule has 98 valence electrons. The summed E-state index contributed by atoms with van der Waals surface area (Å²) in [5, 5.41) is 0. The molecule has 0 spiro atoms. The van der Waals surface area contributed by atoms with Crippen LogP contribution in [0.5, 0.6) is 0 Å². The van der Waals surface area contributed by atoms with E-state index < -0.39 is 0 Å². The van der Waals surface area contributed by atoms with E-state index >= 15 is 0 Å². The van der Waals surface area contributed by atoms with Crippen LogP contribution in [0.3, 0.4) is 0 Å². The zero-order valence-corrected chi connectivity index (χ0v) is 10.8. The van der Waals surface area contributed by atoms with E-state index in [1.807, 2.05) is 44.2 Å². The average Bonchev–Trinajstić information content (AvgIpc) is 3.10. The smallest absolute Gasteiger partial charge is 0.410 e. The predicted octanol–water partition coefficient (Wildman–Crippen LogP) is 2.43. The summed E-state index contributed by atoms with van der Waals surface area (Å²) in [6.45, 7) is 5.52. The van der Waals surface area contributed by atoms with Crippen LogP contribution in [0.25, 0.3) is 0 Å². The van der Waals surface area contributed by atoms with Crippen molar-refractivity contribution in [1.29, 1.82) is 0 Å². The molecule has 0 radical (unpaired) electrons. The van der Waals surface area contributed by atoms with Crippen LogP contribution < -0.4 is 0 Å². The van der Waals surface area contributed by atoms with Crippen molar-refractivity contribution < 1.29 is 14.3 Å². The van der Waals surface area contributed by atoms with E-state index in [4.69, 9.17) is 9.47 Å². The van der Waals surface area contributed by atoms with Gasteiger partial charge in [-0.15, -0.1) is 0 Å². The van der Waals surface area contributed by atoms with E-state index in [9.17, 15) is 4.79 Å². The molecule has 2 unspecified atom stereocenters. The number of nitrogens with zero attached hydrogens (tertiary/aromatic N) is 1. The van der Waals surface area contributed by atoms with Gasteiger partial charge in [0.2, 0.25) is 0 Å². The number of amides is 1. The maximum atomic E-state index is 11.9. The van der Waals surface area contributed by atoms with Gasteiger partial charge in [-0.1, -0.05) is 30.3 Å². The third kappa shape index (κ3) is 3.47. The van der Waals surface area contributed by atoms with Crippen molar-refractivity contribution >= 4 is 6.09 Å². The molecule has 1 aromatic rings. The van der Waals surface area contributed by atoms with Gasteiger partial charge in [0.25, 0.3) is 0 Å². The molecule has 4 heteroatoms. The lowest BCUT2D eigenvalue weighted by Crippen LogP contribution is -2.34. The molecule has 0 bridgehead atoms. The first-order chi connectivity index (χ1) is 8.70. The molecule has 1 aliphatic heterocycles. The Morgan fingerprint density at radius 3 is 2.61 bits per heavy atom. The fourth-order valence-electron chi connectivity index (χ4n) is 1.78.